The number of thiophene rings is 1. The highest BCUT2D eigenvalue weighted by atomic mass is 35.5. The predicted octanol–water partition coefficient (Wildman–Crippen LogP) is 3.72. The van der Waals surface area contributed by atoms with Gasteiger partial charge in [-0.15, -0.1) is 11.3 Å². The molecule has 27 heavy (non-hydrogen) atoms. The molecule has 0 spiro atoms. The summed E-state index contributed by atoms with van der Waals surface area (Å²) in [6, 6.07) is 4.95. The van der Waals surface area contributed by atoms with Gasteiger partial charge in [-0.3, -0.25) is 14.4 Å². The van der Waals surface area contributed by atoms with Crippen LogP contribution in [0.15, 0.2) is 18.2 Å². The topological polar surface area (TPSA) is 86.7 Å². The standard InChI is InChI=1S/C17H13Cl3N2O4S/c18-10-5-8-7-22(17(26)11-1-2-12(19)27-11)4-3-9(8)15(20)14(10)16(25)21-6-13(23)24/h1-2,5H,3-4,6-7H2,(H,21,25)(H,23,24). The molecule has 10 heteroatoms. The van der Waals surface area contributed by atoms with E-state index in [0.717, 1.165) is 11.1 Å². The minimum Gasteiger partial charge on any atom is -0.480 e. The number of halogens is 3. The summed E-state index contributed by atoms with van der Waals surface area (Å²) >= 11 is 19.7. The van der Waals surface area contributed by atoms with E-state index in [-0.39, 0.29) is 21.5 Å². The third kappa shape index (κ3) is 4.21. The highest BCUT2D eigenvalue weighted by Crippen LogP contribution is 2.35. The fourth-order valence-electron chi connectivity index (χ4n) is 2.86. The SMILES string of the molecule is O=C(O)CNC(=O)c1c(Cl)cc2c(c1Cl)CCN(C(=O)c1ccc(Cl)s1)C2. The van der Waals surface area contributed by atoms with Crippen LogP contribution in [0, 0.1) is 0 Å². The Morgan fingerprint density at radius 2 is 1.96 bits per heavy atom. The number of hydrogen-bond acceptors (Lipinski definition) is 4. The lowest BCUT2D eigenvalue weighted by molar-refractivity contribution is -0.135. The van der Waals surface area contributed by atoms with E-state index < -0.39 is 18.4 Å². The first-order chi connectivity index (χ1) is 12.8. The van der Waals surface area contributed by atoms with Gasteiger partial charge in [0.1, 0.15) is 6.54 Å². The Morgan fingerprint density at radius 1 is 1.22 bits per heavy atom. The first-order valence-corrected chi connectivity index (χ1v) is 9.77. The van der Waals surface area contributed by atoms with Gasteiger partial charge >= 0.3 is 5.97 Å². The van der Waals surface area contributed by atoms with Crippen LogP contribution in [-0.4, -0.2) is 40.9 Å². The quantitative estimate of drug-likeness (QED) is 0.748. The number of carbonyl (C=O) groups excluding carboxylic acids is 2. The molecule has 2 amide bonds. The Hall–Kier alpha value is -1.80. The molecule has 0 fully saturated rings. The van der Waals surface area contributed by atoms with Gasteiger partial charge < -0.3 is 15.3 Å². The Kier molecular flexibility index (Phi) is 5.95. The molecule has 1 aliphatic rings. The Balaban J connectivity index is 1.85. The van der Waals surface area contributed by atoms with Crippen molar-refractivity contribution >= 4 is 63.9 Å². The molecular weight excluding hydrogens is 435 g/mol. The van der Waals surface area contributed by atoms with Crippen molar-refractivity contribution in [3.63, 3.8) is 0 Å². The molecule has 1 aliphatic heterocycles. The summed E-state index contributed by atoms with van der Waals surface area (Å²) in [5.74, 6) is -1.95. The number of carboxylic acid groups (broad SMARTS) is 1. The van der Waals surface area contributed by atoms with Crippen molar-refractivity contribution in [2.45, 2.75) is 13.0 Å². The average Bonchev–Trinajstić information content (AvgIpc) is 3.05. The van der Waals surface area contributed by atoms with Crippen molar-refractivity contribution in [1.29, 1.82) is 0 Å². The lowest BCUT2D eigenvalue weighted by Crippen LogP contribution is -2.36. The number of carbonyl (C=O) groups is 3. The number of nitrogens with zero attached hydrogens (tertiary/aromatic N) is 1. The first kappa shape index (κ1) is 19.9. The smallest absolute Gasteiger partial charge is 0.322 e. The number of rotatable bonds is 4. The summed E-state index contributed by atoms with van der Waals surface area (Å²) in [6.45, 7) is 0.202. The van der Waals surface area contributed by atoms with Crippen molar-refractivity contribution in [3.05, 3.63) is 54.1 Å². The number of benzene rings is 1. The van der Waals surface area contributed by atoms with Crippen molar-refractivity contribution < 1.29 is 19.5 Å². The molecule has 1 aromatic carbocycles. The van der Waals surface area contributed by atoms with Crippen molar-refractivity contribution in [2.24, 2.45) is 0 Å². The Labute approximate surface area is 173 Å². The summed E-state index contributed by atoms with van der Waals surface area (Å²) in [6.07, 6.45) is 0.454. The van der Waals surface area contributed by atoms with Crippen LogP contribution >= 0.6 is 46.1 Å². The largest absolute Gasteiger partial charge is 0.480 e. The maximum absolute atomic E-state index is 12.6. The summed E-state index contributed by atoms with van der Waals surface area (Å²) in [4.78, 5) is 37.7. The molecule has 0 unspecified atom stereocenters. The van der Waals surface area contributed by atoms with Crippen LogP contribution in [0.5, 0.6) is 0 Å². The second kappa shape index (κ2) is 8.06. The summed E-state index contributed by atoms with van der Waals surface area (Å²) < 4.78 is 0.541. The lowest BCUT2D eigenvalue weighted by Gasteiger charge is -2.30. The van der Waals surface area contributed by atoms with Crippen molar-refractivity contribution in [2.75, 3.05) is 13.1 Å². The third-order valence-corrected chi connectivity index (χ3v) is 6.04. The molecule has 2 heterocycles. The Bertz CT molecular complexity index is 945. The van der Waals surface area contributed by atoms with E-state index in [1.54, 1.807) is 23.1 Å². The van der Waals surface area contributed by atoms with E-state index in [0.29, 0.717) is 28.7 Å². The van der Waals surface area contributed by atoms with E-state index >= 15 is 0 Å². The van der Waals surface area contributed by atoms with Gasteiger partial charge in [0, 0.05) is 13.1 Å². The minimum absolute atomic E-state index is 0.0446. The summed E-state index contributed by atoms with van der Waals surface area (Å²) in [5.41, 5.74) is 1.53. The van der Waals surface area contributed by atoms with Gasteiger partial charge in [0.2, 0.25) is 0 Å². The van der Waals surface area contributed by atoms with Gasteiger partial charge in [-0.1, -0.05) is 34.8 Å². The molecule has 2 aromatic rings. The van der Waals surface area contributed by atoms with E-state index in [4.69, 9.17) is 39.9 Å². The molecule has 142 valence electrons. The zero-order valence-electron chi connectivity index (χ0n) is 13.7. The molecule has 0 atom stereocenters. The third-order valence-electron chi connectivity index (χ3n) is 4.10. The van der Waals surface area contributed by atoms with Crippen molar-refractivity contribution in [1.82, 2.24) is 10.2 Å². The monoisotopic (exact) mass is 446 g/mol. The number of hydrogen-bond donors (Lipinski definition) is 2. The molecule has 2 N–H and O–H groups in total. The van der Waals surface area contributed by atoms with E-state index in [2.05, 4.69) is 5.32 Å². The normalized spacial score (nSPS) is 13.2. The van der Waals surface area contributed by atoms with E-state index in [1.807, 2.05) is 0 Å². The highest BCUT2D eigenvalue weighted by molar-refractivity contribution is 7.17. The first-order valence-electron chi connectivity index (χ1n) is 7.82. The molecular formula is C17H13Cl3N2O4S. The molecule has 0 saturated carbocycles. The predicted molar refractivity (Wildman–Crippen MR) is 104 cm³/mol. The average molecular weight is 448 g/mol. The second-order valence-corrected chi connectivity index (χ2v) is 8.34. The lowest BCUT2D eigenvalue weighted by atomic mass is 9.96. The highest BCUT2D eigenvalue weighted by Gasteiger charge is 2.28. The zero-order chi connectivity index (χ0) is 19.7. The van der Waals surface area contributed by atoms with E-state index in [9.17, 15) is 14.4 Å². The van der Waals surface area contributed by atoms with Gasteiger partial charge in [0.25, 0.3) is 11.8 Å². The number of carboxylic acids is 1. The molecule has 6 nitrogen and oxygen atoms in total. The van der Waals surface area contributed by atoms with E-state index in [1.165, 1.54) is 11.3 Å². The molecule has 0 radical (unpaired) electrons. The second-order valence-electron chi connectivity index (χ2n) is 5.84. The maximum Gasteiger partial charge on any atom is 0.322 e. The fraction of sp³-hybridized carbons (Fsp3) is 0.235. The molecule has 0 saturated heterocycles. The molecule has 3 rings (SSSR count). The van der Waals surface area contributed by atoms with Crippen LogP contribution in [0.4, 0.5) is 0 Å². The van der Waals surface area contributed by atoms with Crippen molar-refractivity contribution in [3.8, 4) is 0 Å². The summed E-state index contributed by atoms with van der Waals surface area (Å²) in [5, 5.41) is 11.2. The molecule has 0 aliphatic carbocycles. The van der Waals surface area contributed by atoms with Gasteiger partial charge in [-0.2, -0.15) is 0 Å². The van der Waals surface area contributed by atoms with Gasteiger partial charge in [-0.25, -0.2) is 0 Å². The number of fused-ring (bicyclic) bond motifs is 1. The van der Waals surface area contributed by atoms with Crippen LogP contribution in [0.2, 0.25) is 14.4 Å². The van der Waals surface area contributed by atoms with Crippen LogP contribution in [0.1, 0.15) is 31.2 Å². The van der Waals surface area contributed by atoms with Gasteiger partial charge in [0.15, 0.2) is 0 Å². The summed E-state index contributed by atoms with van der Waals surface area (Å²) in [7, 11) is 0. The molecule has 0 bridgehead atoms. The van der Waals surface area contributed by atoms with Gasteiger partial charge in [0.05, 0.1) is 24.8 Å². The molecule has 1 aromatic heterocycles. The number of nitrogens with one attached hydrogen (secondary N) is 1. The van der Waals surface area contributed by atoms with Crippen LogP contribution < -0.4 is 5.32 Å². The van der Waals surface area contributed by atoms with Crippen LogP contribution in [0.25, 0.3) is 0 Å². The fourth-order valence-corrected chi connectivity index (χ4v) is 4.64. The number of aliphatic carboxylic acids is 1. The van der Waals surface area contributed by atoms with Crippen LogP contribution in [0.3, 0.4) is 0 Å². The minimum atomic E-state index is -1.17. The van der Waals surface area contributed by atoms with Gasteiger partial charge in [-0.05, 0) is 35.7 Å². The maximum atomic E-state index is 12.6. The number of amides is 2. The zero-order valence-corrected chi connectivity index (χ0v) is 16.8. The van der Waals surface area contributed by atoms with Crippen LogP contribution in [-0.2, 0) is 17.8 Å². The Morgan fingerprint density at radius 3 is 2.59 bits per heavy atom.